The molecule has 0 atom stereocenters. The van der Waals surface area contributed by atoms with E-state index < -0.39 is 0 Å². The van der Waals surface area contributed by atoms with Crippen LogP contribution in [0, 0.1) is 6.92 Å². The Hall–Kier alpha value is -4.20. The molecule has 2 aromatic heterocycles. The summed E-state index contributed by atoms with van der Waals surface area (Å²) in [6.07, 6.45) is 7.72. The van der Waals surface area contributed by atoms with Gasteiger partial charge in [-0.15, -0.1) is 0 Å². The van der Waals surface area contributed by atoms with Crippen molar-refractivity contribution < 1.29 is 9.59 Å². The van der Waals surface area contributed by atoms with Crippen molar-refractivity contribution in [2.45, 2.75) is 38.6 Å². The summed E-state index contributed by atoms with van der Waals surface area (Å²) in [5.74, 6) is 0.0999. The van der Waals surface area contributed by atoms with Crippen molar-refractivity contribution in [1.82, 2.24) is 14.5 Å². The molecule has 4 aromatic rings. The predicted octanol–water partition coefficient (Wildman–Crippen LogP) is 5.31. The number of nitrogen functional groups attached to an aromatic ring is 1. The summed E-state index contributed by atoms with van der Waals surface area (Å²) in [6, 6.07) is 14.3. The molecule has 1 saturated carbocycles. The fourth-order valence-electron chi connectivity index (χ4n) is 4.65. The molecule has 8 nitrogen and oxygen atoms in total. The molecule has 2 heterocycles. The lowest BCUT2D eigenvalue weighted by atomic mass is 10.0. The molecule has 2 aromatic carbocycles. The van der Waals surface area contributed by atoms with E-state index in [-0.39, 0.29) is 17.6 Å². The number of benzene rings is 2. The number of nitrogens with two attached hydrogens (primary N) is 1. The van der Waals surface area contributed by atoms with E-state index in [1.807, 2.05) is 37.4 Å². The molecule has 34 heavy (non-hydrogen) atoms. The van der Waals surface area contributed by atoms with Gasteiger partial charge in [0, 0.05) is 29.2 Å². The molecular formula is C26H26N6O2. The first-order valence-electron chi connectivity index (χ1n) is 11.4. The maximum atomic E-state index is 13.6. The van der Waals surface area contributed by atoms with Crippen LogP contribution in [0.3, 0.4) is 0 Å². The molecule has 1 aliphatic rings. The average Bonchev–Trinajstić information content (AvgIpc) is 3.47. The van der Waals surface area contributed by atoms with Crippen molar-refractivity contribution in [1.29, 1.82) is 0 Å². The predicted molar refractivity (Wildman–Crippen MR) is 133 cm³/mol. The molecule has 0 unspecified atom stereocenters. The zero-order chi connectivity index (χ0) is 23.7. The van der Waals surface area contributed by atoms with Crippen molar-refractivity contribution in [2.24, 2.45) is 0 Å². The summed E-state index contributed by atoms with van der Waals surface area (Å²) >= 11 is 0. The number of hydrogen-bond acceptors (Lipinski definition) is 5. The van der Waals surface area contributed by atoms with Gasteiger partial charge < -0.3 is 20.9 Å². The number of aromatic nitrogens is 3. The number of urea groups is 1. The number of anilines is 3. The smallest absolute Gasteiger partial charge is 0.323 e. The molecule has 5 rings (SSSR count). The molecule has 8 heteroatoms. The Labute approximate surface area is 197 Å². The number of nitrogens with zero attached hydrogens (tertiary/aromatic N) is 3. The molecule has 0 aliphatic heterocycles. The van der Waals surface area contributed by atoms with Crippen LogP contribution >= 0.6 is 0 Å². The molecule has 2 amide bonds. The van der Waals surface area contributed by atoms with Crippen molar-refractivity contribution >= 4 is 40.0 Å². The van der Waals surface area contributed by atoms with E-state index in [2.05, 4.69) is 25.2 Å². The fourth-order valence-corrected chi connectivity index (χ4v) is 4.65. The number of carbonyl (C=O) groups excluding carboxylic acids is 2. The van der Waals surface area contributed by atoms with Gasteiger partial charge in [-0.1, -0.05) is 37.1 Å². The van der Waals surface area contributed by atoms with Gasteiger partial charge in [0.15, 0.2) is 5.78 Å². The minimum absolute atomic E-state index is 0.189. The molecule has 0 radical (unpaired) electrons. The molecule has 1 fully saturated rings. The van der Waals surface area contributed by atoms with Gasteiger partial charge in [-0.3, -0.25) is 4.79 Å². The monoisotopic (exact) mass is 454 g/mol. The third kappa shape index (κ3) is 4.22. The topological polar surface area (TPSA) is 115 Å². The summed E-state index contributed by atoms with van der Waals surface area (Å²) in [5, 5.41) is 6.18. The Kier molecular flexibility index (Phi) is 5.71. The zero-order valence-corrected chi connectivity index (χ0v) is 18.9. The van der Waals surface area contributed by atoms with Crippen LogP contribution in [0.5, 0.6) is 0 Å². The molecule has 0 spiro atoms. The van der Waals surface area contributed by atoms with E-state index in [1.165, 1.54) is 6.33 Å². The highest BCUT2D eigenvalue weighted by Crippen LogP contribution is 2.35. The van der Waals surface area contributed by atoms with Gasteiger partial charge in [-0.2, -0.15) is 0 Å². The molecule has 4 N–H and O–H groups in total. The number of aryl methyl sites for hydroxylation is 1. The number of amides is 2. The van der Waals surface area contributed by atoms with E-state index in [1.54, 1.807) is 24.3 Å². The summed E-state index contributed by atoms with van der Waals surface area (Å²) in [6.45, 7) is 1.96. The maximum Gasteiger partial charge on any atom is 0.323 e. The van der Waals surface area contributed by atoms with Crippen LogP contribution in [0.1, 0.15) is 53.2 Å². The van der Waals surface area contributed by atoms with Crippen molar-refractivity contribution in [2.75, 3.05) is 16.4 Å². The van der Waals surface area contributed by atoms with Crippen molar-refractivity contribution in [3.8, 4) is 0 Å². The number of fused-ring (bicyclic) bond motifs is 1. The van der Waals surface area contributed by atoms with Crippen LogP contribution in [0.2, 0.25) is 0 Å². The molecule has 0 saturated heterocycles. The van der Waals surface area contributed by atoms with Crippen LogP contribution in [-0.4, -0.2) is 26.3 Å². The lowest BCUT2D eigenvalue weighted by Gasteiger charge is -2.12. The van der Waals surface area contributed by atoms with Crippen molar-refractivity contribution in [3.05, 3.63) is 77.7 Å². The van der Waals surface area contributed by atoms with Crippen LogP contribution in [-0.2, 0) is 0 Å². The first kappa shape index (κ1) is 21.6. The largest absolute Gasteiger partial charge is 0.383 e. The molecule has 172 valence electrons. The SMILES string of the molecule is Cc1cccc(NC(=O)Nc2cccc(C(=O)c3cn(C4CCCC4)c4ncnc(N)c34)c2)c1. The molecule has 0 bridgehead atoms. The summed E-state index contributed by atoms with van der Waals surface area (Å²) < 4.78 is 2.07. The number of carbonyl (C=O) groups is 2. The highest BCUT2D eigenvalue weighted by molar-refractivity contribution is 6.18. The quantitative estimate of drug-likeness (QED) is 0.353. The molecular weight excluding hydrogens is 428 g/mol. The fraction of sp³-hybridized carbons (Fsp3) is 0.231. The van der Waals surface area contributed by atoms with Crippen LogP contribution in [0.15, 0.2) is 61.1 Å². The third-order valence-corrected chi connectivity index (χ3v) is 6.26. The average molecular weight is 455 g/mol. The Morgan fingerprint density at radius 2 is 1.71 bits per heavy atom. The minimum Gasteiger partial charge on any atom is -0.383 e. The number of rotatable bonds is 5. The van der Waals surface area contributed by atoms with E-state index in [4.69, 9.17) is 5.73 Å². The van der Waals surface area contributed by atoms with Gasteiger partial charge in [0.25, 0.3) is 0 Å². The highest BCUT2D eigenvalue weighted by Gasteiger charge is 2.25. The Morgan fingerprint density at radius 1 is 1.00 bits per heavy atom. The first-order chi connectivity index (χ1) is 16.5. The highest BCUT2D eigenvalue weighted by atomic mass is 16.2. The van der Waals surface area contributed by atoms with Gasteiger partial charge in [-0.05, 0) is 49.6 Å². The molecule has 1 aliphatic carbocycles. The lowest BCUT2D eigenvalue weighted by Crippen LogP contribution is -2.19. The van der Waals surface area contributed by atoms with Gasteiger partial charge in [-0.25, -0.2) is 14.8 Å². The second-order valence-electron chi connectivity index (χ2n) is 8.70. The van der Waals surface area contributed by atoms with E-state index in [0.29, 0.717) is 39.6 Å². The van der Waals surface area contributed by atoms with Crippen LogP contribution in [0.25, 0.3) is 11.0 Å². The Morgan fingerprint density at radius 3 is 2.44 bits per heavy atom. The van der Waals surface area contributed by atoms with Gasteiger partial charge in [0.2, 0.25) is 0 Å². The Bertz CT molecular complexity index is 1390. The van der Waals surface area contributed by atoms with Crippen LogP contribution < -0.4 is 16.4 Å². The maximum absolute atomic E-state index is 13.6. The number of hydrogen-bond donors (Lipinski definition) is 3. The van der Waals surface area contributed by atoms with Gasteiger partial charge in [0.1, 0.15) is 17.8 Å². The summed E-state index contributed by atoms with van der Waals surface area (Å²) in [5.41, 5.74) is 10.0. The van der Waals surface area contributed by atoms with E-state index >= 15 is 0 Å². The van der Waals surface area contributed by atoms with Gasteiger partial charge >= 0.3 is 6.03 Å². The van der Waals surface area contributed by atoms with Crippen molar-refractivity contribution in [3.63, 3.8) is 0 Å². The standard InChI is InChI=1S/C26H26N6O2/c1-16-6-4-8-18(12-16)30-26(34)31-19-9-5-7-17(13-19)23(33)21-14-32(20-10-2-3-11-20)25-22(21)24(27)28-15-29-25/h4-9,12-15,20H,2-3,10-11H2,1H3,(H2,27,28,29)(H2,30,31,34). The van der Waals surface area contributed by atoms with Crippen LogP contribution in [0.4, 0.5) is 22.0 Å². The first-order valence-corrected chi connectivity index (χ1v) is 11.4. The van der Waals surface area contributed by atoms with E-state index in [0.717, 1.165) is 31.2 Å². The van der Waals surface area contributed by atoms with E-state index in [9.17, 15) is 9.59 Å². The number of ketones is 1. The second kappa shape index (κ2) is 8.97. The lowest BCUT2D eigenvalue weighted by molar-refractivity contribution is 0.104. The normalized spacial score (nSPS) is 13.8. The van der Waals surface area contributed by atoms with Gasteiger partial charge in [0.05, 0.1) is 10.9 Å². The number of nitrogens with one attached hydrogen (secondary N) is 2. The Balaban J connectivity index is 1.42. The zero-order valence-electron chi connectivity index (χ0n) is 18.9. The third-order valence-electron chi connectivity index (χ3n) is 6.26. The summed E-state index contributed by atoms with van der Waals surface area (Å²) in [7, 11) is 0. The summed E-state index contributed by atoms with van der Waals surface area (Å²) in [4.78, 5) is 34.6. The minimum atomic E-state index is -0.384. The second-order valence-corrected chi connectivity index (χ2v) is 8.70.